The largest absolute Gasteiger partial charge is 0.395 e. The average molecular weight is 145 g/mol. The summed E-state index contributed by atoms with van der Waals surface area (Å²) < 4.78 is 0. The Morgan fingerprint density at radius 1 is 1.70 bits per heavy atom. The van der Waals surface area contributed by atoms with Gasteiger partial charge >= 0.3 is 0 Å². The van der Waals surface area contributed by atoms with Gasteiger partial charge in [-0.2, -0.15) is 0 Å². The molecule has 1 atom stereocenters. The molecule has 1 unspecified atom stereocenters. The minimum Gasteiger partial charge on any atom is -0.395 e. The third-order valence-corrected chi connectivity index (χ3v) is 1.47. The number of rotatable bonds is 4. The molecule has 3 nitrogen and oxygen atoms in total. The Balaban J connectivity index is 3.42. The van der Waals surface area contributed by atoms with Crippen LogP contribution in [-0.2, 0) is 4.79 Å². The molecule has 1 amide bonds. The van der Waals surface area contributed by atoms with Gasteiger partial charge in [0.2, 0.25) is 5.91 Å². The second-order valence-electron chi connectivity index (χ2n) is 2.32. The zero-order chi connectivity index (χ0) is 7.98. The summed E-state index contributed by atoms with van der Waals surface area (Å²) in [4.78, 5) is 10.9. The normalized spacial score (nSPS) is 12.7. The van der Waals surface area contributed by atoms with Gasteiger partial charge in [0.05, 0.1) is 6.61 Å². The predicted octanol–water partition coefficient (Wildman–Crippen LogP) is 0.141. The van der Waals surface area contributed by atoms with Gasteiger partial charge in [-0.1, -0.05) is 13.8 Å². The van der Waals surface area contributed by atoms with Crippen LogP contribution < -0.4 is 5.32 Å². The number of hydrogen-bond acceptors (Lipinski definition) is 2. The van der Waals surface area contributed by atoms with Crippen LogP contribution in [0.4, 0.5) is 0 Å². The van der Waals surface area contributed by atoms with Crippen molar-refractivity contribution in [1.82, 2.24) is 5.32 Å². The maximum absolute atomic E-state index is 10.9. The maximum Gasteiger partial charge on any atom is 0.222 e. The topological polar surface area (TPSA) is 49.3 Å². The van der Waals surface area contributed by atoms with E-state index < -0.39 is 0 Å². The Bertz CT molecular complexity index is 104. The summed E-state index contributed by atoms with van der Waals surface area (Å²) in [5.74, 6) is 0.0862. The van der Waals surface area contributed by atoms with Crippen molar-refractivity contribution in [3.05, 3.63) is 0 Å². The van der Waals surface area contributed by atoms with Gasteiger partial charge < -0.3 is 10.4 Å². The Morgan fingerprint density at radius 3 is 2.70 bits per heavy atom. The Morgan fingerprint density at radius 2 is 2.30 bits per heavy atom. The van der Waals surface area contributed by atoms with Crippen molar-refractivity contribution >= 4 is 5.91 Å². The standard InChI is InChI=1S/C7H15NO2/c1-3-6(2)7(10)8-4-5-9/h6,9H,3-5H2,1-2H3,(H,8,10). The van der Waals surface area contributed by atoms with E-state index in [1.807, 2.05) is 13.8 Å². The molecule has 0 rings (SSSR count). The van der Waals surface area contributed by atoms with Crippen LogP contribution in [0.15, 0.2) is 0 Å². The fraction of sp³-hybridized carbons (Fsp3) is 0.857. The minimum atomic E-state index is 0.0160. The van der Waals surface area contributed by atoms with Gasteiger partial charge in [-0.15, -0.1) is 0 Å². The van der Waals surface area contributed by atoms with E-state index in [2.05, 4.69) is 5.32 Å². The summed E-state index contributed by atoms with van der Waals surface area (Å²) >= 11 is 0. The lowest BCUT2D eigenvalue weighted by Gasteiger charge is -2.07. The summed E-state index contributed by atoms with van der Waals surface area (Å²) in [5.41, 5.74) is 0. The van der Waals surface area contributed by atoms with Gasteiger partial charge in [0.1, 0.15) is 0 Å². The van der Waals surface area contributed by atoms with Gasteiger partial charge in [0.15, 0.2) is 0 Å². The quantitative estimate of drug-likeness (QED) is 0.591. The summed E-state index contributed by atoms with van der Waals surface area (Å²) in [5, 5.41) is 10.9. The summed E-state index contributed by atoms with van der Waals surface area (Å²) in [7, 11) is 0. The van der Waals surface area contributed by atoms with Gasteiger partial charge in [0, 0.05) is 12.5 Å². The molecule has 0 aliphatic carbocycles. The monoisotopic (exact) mass is 145 g/mol. The van der Waals surface area contributed by atoms with Crippen molar-refractivity contribution in [3.63, 3.8) is 0 Å². The third-order valence-electron chi connectivity index (χ3n) is 1.47. The number of hydrogen-bond donors (Lipinski definition) is 2. The van der Waals surface area contributed by atoms with E-state index in [0.29, 0.717) is 6.54 Å². The maximum atomic E-state index is 10.9. The first kappa shape index (κ1) is 9.43. The van der Waals surface area contributed by atoms with Crippen LogP contribution in [0.1, 0.15) is 20.3 Å². The third kappa shape index (κ3) is 3.45. The lowest BCUT2D eigenvalue weighted by Crippen LogP contribution is -2.31. The molecular formula is C7H15NO2. The summed E-state index contributed by atoms with van der Waals surface area (Å²) in [6.45, 7) is 4.21. The first-order chi connectivity index (χ1) is 4.72. The van der Waals surface area contributed by atoms with Crippen LogP contribution >= 0.6 is 0 Å². The van der Waals surface area contributed by atoms with Crippen LogP contribution in [0.2, 0.25) is 0 Å². The van der Waals surface area contributed by atoms with Crippen molar-refractivity contribution in [2.24, 2.45) is 5.92 Å². The molecule has 0 saturated carbocycles. The van der Waals surface area contributed by atoms with E-state index >= 15 is 0 Å². The number of carbonyl (C=O) groups excluding carboxylic acids is 1. The highest BCUT2D eigenvalue weighted by Crippen LogP contribution is 1.98. The molecule has 0 radical (unpaired) electrons. The number of aliphatic hydroxyl groups excluding tert-OH is 1. The Kier molecular flexibility index (Phi) is 4.94. The molecule has 0 fully saturated rings. The van der Waals surface area contributed by atoms with E-state index in [4.69, 9.17) is 5.11 Å². The molecule has 0 aromatic carbocycles. The fourth-order valence-corrected chi connectivity index (χ4v) is 0.539. The second kappa shape index (κ2) is 5.23. The first-order valence-corrected chi connectivity index (χ1v) is 3.61. The van der Waals surface area contributed by atoms with E-state index in [-0.39, 0.29) is 18.4 Å². The Hall–Kier alpha value is -0.570. The summed E-state index contributed by atoms with van der Waals surface area (Å²) in [6.07, 6.45) is 0.845. The lowest BCUT2D eigenvalue weighted by atomic mass is 10.1. The van der Waals surface area contributed by atoms with Crippen molar-refractivity contribution in [2.75, 3.05) is 13.2 Å². The highest BCUT2D eigenvalue weighted by molar-refractivity contribution is 5.78. The number of nitrogens with one attached hydrogen (secondary N) is 1. The molecule has 0 spiro atoms. The molecule has 0 aromatic heterocycles. The number of amides is 1. The highest BCUT2D eigenvalue weighted by Gasteiger charge is 2.07. The number of carbonyl (C=O) groups is 1. The van der Waals surface area contributed by atoms with Crippen molar-refractivity contribution in [3.8, 4) is 0 Å². The molecule has 10 heavy (non-hydrogen) atoms. The van der Waals surface area contributed by atoms with E-state index in [0.717, 1.165) is 6.42 Å². The van der Waals surface area contributed by atoms with Gasteiger partial charge in [-0.05, 0) is 6.42 Å². The minimum absolute atomic E-state index is 0.0160. The smallest absolute Gasteiger partial charge is 0.222 e. The number of aliphatic hydroxyl groups is 1. The Labute approximate surface area is 61.4 Å². The average Bonchev–Trinajstić information content (AvgIpc) is 1.98. The predicted molar refractivity (Wildman–Crippen MR) is 39.6 cm³/mol. The lowest BCUT2D eigenvalue weighted by molar-refractivity contribution is -0.124. The molecule has 0 aliphatic heterocycles. The van der Waals surface area contributed by atoms with Crippen molar-refractivity contribution in [2.45, 2.75) is 20.3 Å². The highest BCUT2D eigenvalue weighted by atomic mass is 16.3. The molecule has 0 bridgehead atoms. The molecule has 0 saturated heterocycles. The molecular weight excluding hydrogens is 130 g/mol. The zero-order valence-electron chi connectivity index (χ0n) is 6.55. The molecule has 2 N–H and O–H groups in total. The van der Waals surface area contributed by atoms with Crippen molar-refractivity contribution < 1.29 is 9.90 Å². The molecule has 0 aliphatic rings. The summed E-state index contributed by atoms with van der Waals surface area (Å²) in [6, 6.07) is 0. The fourth-order valence-electron chi connectivity index (χ4n) is 0.539. The van der Waals surface area contributed by atoms with E-state index in [9.17, 15) is 4.79 Å². The second-order valence-corrected chi connectivity index (χ2v) is 2.32. The van der Waals surface area contributed by atoms with Crippen LogP contribution in [0.25, 0.3) is 0 Å². The van der Waals surface area contributed by atoms with Gasteiger partial charge in [-0.3, -0.25) is 4.79 Å². The molecule has 3 heteroatoms. The molecule has 0 aromatic rings. The SMILES string of the molecule is CCC(C)C(=O)NCCO. The van der Waals surface area contributed by atoms with Crippen LogP contribution in [0, 0.1) is 5.92 Å². The van der Waals surface area contributed by atoms with Crippen molar-refractivity contribution in [1.29, 1.82) is 0 Å². The van der Waals surface area contributed by atoms with E-state index in [1.54, 1.807) is 0 Å². The van der Waals surface area contributed by atoms with Crippen LogP contribution in [0.5, 0.6) is 0 Å². The van der Waals surface area contributed by atoms with Gasteiger partial charge in [-0.25, -0.2) is 0 Å². The zero-order valence-corrected chi connectivity index (χ0v) is 6.55. The molecule has 0 heterocycles. The van der Waals surface area contributed by atoms with E-state index in [1.165, 1.54) is 0 Å². The van der Waals surface area contributed by atoms with Crippen LogP contribution in [0.3, 0.4) is 0 Å². The molecule has 60 valence electrons. The van der Waals surface area contributed by atoms with Crippen LogP contribution in [-0.4, -0.2) is 24.2 Å². The first-order valence-electron chi connectivity index (χ1n) is 3.61. The van der Waals surface area contributed by atoms with Gasteiger partial charge in [0.25, 0.3) is 0 Å².